The molecule has 5 heteroatoms. The van der Waals surface area contributed by atoms with Crippen molar-refractivity contribution in [3.05, 3.63) is 48.0 Å². The molecule has 136 valence electrons. The van der Waals surface area contributed by atoms with Gasteiger partial charge in [-0.2, -0.15) is 0 Å². The standard InChI is InChI=1S/C21H25N3O2/c1-15-2-4-16(5-3-15)17-6-7-18(22)19(12-17)23-20(25)24-10-8-21(9-11-24)13-26-14-21/h2-7,12H,8-11,13-14,22H2,1H3,(H,23,25). The van der Waals surface area contributed by atoms with Crippen LogP contribution in [0.4, 0.5) is 16.2 Å². The van der Waals surface area contributed by atoms with E-state index in [1.165, 1.54) is 5.56 Å². The number of anilines is 2. The zero-order valence-corrected chi connectivity index (χ0v) is 15.1. The van der Waals surface area contributed by atoms with Crippen molar-refractivity contribution in [1.29, 1.82) is 0 Å². The second-order valence-corrected chi connectivity index (χ2v) is 7.58. The number of nitrogens with zero attached hydrogens (tertiary/aromatic N) is 1. The van der Waals surface area contributed by atoms with E-state index < -0.39 is 0 Å². The molecule has 4 rings (SSSR count). The van der Waals surface area contributed by atoms with Gasteiger partial charge in [0, 0.05) is 18.5 Å². The number of rotatable bonds is 2. The normalized spacial score (nSPS) is 18.4. The SMILES string of the molecule is Cc1ccc(-c2ccc(N)c(NC(=O)N3CCC4(CC3)COC4)c2)cc1. The zero-order chi connectivity index (χ0) is 18.1. The van der Waals surface area contributed by atoms with Gasteiger partial charge in [-0.05, 0) is 43.0 Å². The first-order chi connectivity index (χ1) is 12.5. The second-order valence-electron chi connectivity index (χ2n) is 7.58. The number of benzene rings is 2. The van der Waals surface area contributed by atoms with Crippen molar-refractivity contribution in [3.8, 4) is 11.1 Å². The quantitative estimate of drug-likeness (QED) is 0.807. The maximum atomic E-state index is 12.7. The molecule has 2 aromatic carbocycles. The van der Waals surface area contributed by atoms with Gasteiger partial charge >= 0.3 is 6.03 Å². The van der Waals surface area contributed by atoms with E-state index in [2.05, 4.69) is 36.5 Å². The van der Waals surface area contributed by atoms with Crippen molar-refractivity contribution < 1.29 is 9.53 Å². The molecule has 2 aliphatic heterocycles. The molecule has 1 spiro atoms. The Morgan fingerprint density at radius 1 is 1.08 bits per heavy atom. The molecule has 2 heterocycles. The first-order valence-corrected chi connectivity index (χ1v) is 9.15. The summed E-state index contributed by atoms with van der Waals surface area (Å²) in [6.07, 6.45) is 2.03. The summed E-state index contributed by atoms with van der Waals surface area (Å²) in [7, 11) is 0. The highest BCUT2D eigenvalue weighted by atomic mass is 16.5. The van der Waals surface area contributed by atoms with Gasteiger partial charge in [0.1, 0.15) is 0 Å². The number of nitrogens with one attached hydrogen (secondary N) is 1. The van der Waals surface area contributed by atoms with Crippen LogP contribution >= 0.6 is 0 Å². The van der Waals surface area contributed by atoms with Crippen molar-refractivity contribution >= 4 is 17.4 Å². The molecule has 0 unspecified atom stereocenters. The number of carbonyl (C=O) groups excluding carboxylic acids is 1. The minimum Gasteiger partial charge on any atom is -0.397 e. The number of likely N-dealkylation sites (tertiary alicyclic amines) is 1. The Labute approximate surface area is 154 Å². The molecule has 5 nitrogen and oxygen atoms in total. The van der Waals surface area contributed by atoms with Crippen LogP contribution in [0.25, 0.3) is 11.1 Å². The Balaban J connectivity index is 1.46. The smallest absolute Gasteiger partial charge is 0.321 e. The Morgan fingerprint density at radius 3 is 2.35 bits per heavy atom. The van der Waals surface area contributed by atoms with Gasteiger partial charge in [0.25, 0.3) is 0 Å². The number of piperidine rings is 1. The molecule has 0 saturated carbocycles. The lowest BCUT2D eigenvalue weighted by molar-refractivity contribution is -0.135. The van der Waals surface area contributed by atoms with E-state index in [1.54, 1.807) is 0 Å². The minimum absolute atomic E-state index is 0.0761. The van der Waals surface area contributed by atoms with Gasteiger partial charge in [-0.25, -0.2) is 4.79 Å². The van der Waals surface area contributed by atoms with Crippen LogP contribution in [0, 0.1) is 12.3 Å². The fraction of sp³-hybridized carbons (Fsp3) is 0.381. The van der Waals surface area contributed by atoms with Gasteiger partial charge in [0.2, 0.25) is 0 Å². The van der Waals surface area contributed by atoms with Crippen molar-refractivity contribution in [2.45, 2.75) is 19.8 Å². The molecule has 2 amide bonds. The number of carbonyl (C=O) groups is 1. The van der Waals surface area contributed by atoms with Crippen LogP contribution < -0.4 is 11.1 Å². The number of hydrogen-bond donors (Lipinski definition) is 2. The van der Waals surface area contributed by atoms with Crippen LogP contribution in [-0.2, 0) is 4.74 Å². The van der Waals surface area contributed by atoms with Crippen molar-refractivity contribution in [2.24, 2.45) is 5.41 Å². The van der Waals surface area contributed by atoms with Gasteiger partial charge in [0.05, 0.1) is 24.6 Å². The van der Waals surface area contributed by atoms with Gasteiger partial charge < -0.3 is 20.7 Å². The van der Waals surface area contributed by atoms with E-state index in [1.807, 2.05) is 23.1 Å². The molecule has 0 radical (unpaired) electrons. The maximum Gasteiger partial charge on any atom is 0.321 e. The second kappa shape index (κ2) is 6.65. The summed E-state index contributed by atoms with van der Waals surface area (Å²) in [4.78, 5) is 14.5. The number of nitrogen functional groups attached to an aromatic ring is 1. The monoisotopic (exact) mass is 351 g/mol. The molecule has 0 atom stereocenters. The molecular weight excluding hydrogens is 326 g/mol. The third kappa shape index (κ3) is 3.27. The van der Waals surface area contributed by atoms with Crippen molar-refractivity contribution in [1.82, 2.24) is 4.90 Å². The lowest BCUT2D eigenvalue weighted by atomic mass is 9.77. The summed E-state index contributed by atoms with van der Waals surface area (Å²) in [5.41, 5.74) is 11.0. The van der Waals surface area contributed by atoms with Crippen LogP contribution in [0.5, 0.6) is 0 Å². The van der Waals surface area contributed by atoms with Gasteiger partial charge in [-0.1, -0.05) is 35.9 Å². The van der Waals surface area contributed by atoms with Crippen molar-refractivity contribution in [3.63, 3.8) is 0 Å². The van der Waals surface area contributed by atoms with Crippen LogP contribution in [-0.4, -0.2) is 37.2 Å². The summed E-state index contributed by atoms with van der Waals surface area (Å²) < 4.78 is 5.35. The molecule has 2 fully saturated rings. The van der Waals surface area contributed by atoms with Crippen LogP contribution in [0.15, 0.2) is 42.5 Å². The Bertz CT molecular complexity index is 803. The van der Waals surface area contributed by atoms with E-state index in [9.17, 15) is 4.79 Å². The van der Waals surface area contributed by atoms with E-state index in [-0.39, 0.29) is 6.03 Å². The number of aryl methyl sites for hydroxylation is 1. The summed E-state index contributed by atoms with van der Waals surface area (Å²) >= 11 is 0. The third-order valence-corrected chi connectivity index (χ3v) is 5.61. The molecule has 0 bridgehead atoms. The first kappa shape index (κ1) is 16.9. The lowest BCUT2D eigenvalue weighted by Crippen LogP contribution is -2.52. The molecule has 2 aliphatic rings. The summed E-state index contributed by atoms with van der Waals surface area (Å²) in [5.74, 6) is 0. The van der Waals surface area contributed by atoms with E-state index in [0.29, 0.717) is 16.8 Å². The molecule has 2 saturated heterocycles. The Kier molecular flexibility index (Phi) is 4.32. The summed E-state index contributed by atoms with van der Waals surface area (Å²) in [5, 5.41) is 3.00. The first-order valence-electron chi connectivity index (χ1n) is 9.15. The fourth-order valence-corrected chi connectivity index (χ4v) is 3.65. The average molecular weight is 351 g/mol. The highest BCUT2D eigenvalue weighted by Crippen LogP contribution is 2.38. The van der Waals surface area contributed by atoms with E-state index >= 15 is 0 Å². The van der Waals surface area contributed by atoms with Gasteiger partial charge in [0.15, 0.2) is 0 Å². The van der Waals surface area contributed by atoms with Crippen LogP contribution in [0.3, 0.4) is 0 Å². The summed E-state index contributed by atoms with van der Waals surface area (Å²) in [6, 6.07) is 14.0. The van der Waals surface area contributed by atoms with E-state index in [0.717, 1.165) is 50.3 Å². The molecule has 2 aromatic rings. The van der Waals surface area contributed by atoms with Crippen LogP contribution in [0.1, 0.15) is 18.4 Å². The number of amides is 2. The number of urea groups is 1. The molecule has 0 aliphatic carbocycles. The van der Waals surface area contributed by atoms with Gasteiger partial charge in [-0.15, -0.1) is 0 Å². The molecule has 26 heavy (non-hydrogen) atoms. The highest BCUT2D eigenvalue weighted by molar-refractivity contribution is 5.94. The Hall–Kier alpha value is -2.53. The zero-order valence-electron chi connectivity index (χ0n) is 15.1. The minimum atomic E-state index is -0.0761. The lowest BCUT2D eigenvalue weighted by Gasteiger charge is -2.47. The Morgan fingerprint density at radius 2 is 1.73 bits per heavy atom. The number of ether oxygens (including phenoxy) is 1. The number of nitrogens with two attached hydrogens (primary N) is 1. The fourth-order valence-electron chi connectivity index (χ4n) is 3.65. The number of hydrogen-bond acceptors (Lipinski definition) is 3. The maximum absolute atomic E-state index is 12.7. The summed E-state index contributed by atoms with van der Waals surface area (Å²) in [6.45, 7) is 5.29. The third-order valence-electron chi connectivity index (χ3n) is 5.61. The highest BCUT2D eigenvalue weighted by Gasteiger charge is 2.42. The van der Waals surface area contributed by atoms with Gasteiger partial charge in [-0.3, -0.25) is 0 Å². The predicted molar refractivity (Wildman–Crippen MR) is 104 cm³/mol. The predicted octanol–water partition coefficient (Wildman–Crippen LogP) is 3.89. The molecule has 0 aromatic heterocycles. The van der Waals surface area contributed by atoms with Crippen molar-refractivity contribution in [2.75, 3.05) is 37.4 Å². The molecular formula is C21H25N3O2. The van der Waals surface area contributed by atoms with Crippen LogP contribution in [0.2, 0.25) is 0 Å². The largest absolute Gasteiger partial charge is 0.397 e. The van der Waals surface area contributed by atoms with E-state index in [4.69, 9.17) is 10.5 Å². The average Bonchev–Trinajstić information content (AvgIpc) is 2.63. The topological polar surface area (TPSA) is 67.6 Å². The molecule has 3 N–H and O–H groups in total.